The maximum atomic E-state index is 5.36. The van der Waals surface area contributed by atoms with E-state index in [0.29, 0.717) is 6.04 Å². The van der Waals surface area contributed by atoms with Crippen molar-refractivity contribution >= 4 is 5.69 Å². The van der Waals surface area contributed by atoms with Gasteiger partial charge in [-0.2, -0.15) is 0 Å². The number of nitrogens with zero attached hydrogens (tertiary/aromatic N) is 1. The Morgan fingerprint density at radius 2 is 2.06 bits per heavy atom. The Balaban J connectivity index is 1.59. The van der Waals surface area contributed by atoms with Gasteiger partial charge in [-0.3, -0.25) is 4.90 Å². The fourth-order valence-electron chi connectivity index (χ4n) is 2.58. The zero-order valence-corrected chi connectivity index (χ0v) is 9.48. The number of hydrogen-bond acceptors (Lipinski definition) is 3. The topological polar surface area (TPSA) is 24.5 Å². The minimum atomic E-state index is 0.579. The molecule has 0 spiro atoms. The lowest BCUT2D eigenvalue weighted by molar-refractivity contribution is 0.0364. The third-order valence-corrected chi connectivity index (χ3v) is 3.43. The standard InChI is InChI=1S/C13H18N2O/c1-2-4-13-11(3-1)9-12(14-13)10-15-5-7-16-8-6-15/h1-4,12,14H,5-10H2/t12-/m0/s1. The maximum absolute atomic E-state index is 5.36. The monoisotopic (exact) mass is 218 g/mol. The van der Waals surface area contributed by atoms with Crippen LogP contribution in [0.5, 0.6) is 0 Å². The van der Waals surface area contributed by atoms with Crippen molar-refractivity contribution in [3.63, 3.8) is 0 Å². The van der Waals surface area contributed by atoms with Crippen LogP contribution in [0.4, 0.5) is 5.69 Å². The van der Waals surface area contributed by atoms with Crippen molar-refractivity contribution in [3.8, 4) is 0 Å². The fraction of sp³-hybridized carbons (Fsp3) is 0.538. The molecule has 0 radical (unpaired) electrons. The zero-order chi connectivity index (χ0) is 10.8. The van der Waals surface area contributed by atoms with E-state index in [2.05, 4.69) is 34.5 Å². The molecule has 0 aromatic heterocycles. The number of anilines is 1. The number of morpholine rings is 1. The molecule has 0 amide bonds. The number of para-hydroxylation sites is 1. The van der Waals surface area contributed by atoms with E-state index in [1.54, 1.807) is 0 Å². The van der Waals surface area contributed by atoms with E-state index < -0.39 is 0 Å². The van der Waals surface area contributed by atoms with Gasteiger partial charge in [-0.1, -0.05) is 18.2 Å². The summed E-state index contributed by atoms with van der Waals surface area (Å²) in [6.45, 7) is 5.07. The summed E-state index contributed by atoms with van der Waals surface area (Å²) in [4.78, 5) is 2.49. The number of rotatable bonds is 2. The van der Waals surface area contributed by atoms with Crippen LogP contribution in [-0.4, -0.2) is 43.8 Å². The Hall–Kier alpha value is -1.06. The van der Waals surface area contributed by atoms with Gasteiger partial charge in [0.1, 0.15) is 0 Å². The molecule has 0 bridgehead atoms. The number of benzene rings is 1. The molecule has 0 saturated carbocycles. The van der Waals surface area contributed by atoms with Crippen molar-refractivity contribution in [1.29, 1.82) is 0 Å². The zero-order valence-electron chi connectivity index (χ0n) is 9.48. The molecule has 16 heavy (non-hydrogen) atoms. The van der Waals surface area contributed by atoms with Gasteiger partial charge < -0.3 is 10.1 Å². The highest BCUT2D eigenvalue weighted by atomic mass is 16.5. The van der Waals surface area contributed by atoms with Gasteiger partial charge in [0.2, 0.25) is 0 Å². The van der Waals surface area contributed by atoms with Crippen molar-refractivity contribution in [2.75, 3.05) is 38.2 Å². The first kappa shape index (κ1) is 10.1. The Kier molecular flexibility index (Phi) is 2.80. The van der Waals surface area contributed by atoms with Crippen LogP contribution in [0.15, 0.2) is 24.3 Å². The molecule has 0 unspecified atom stereocenters. The van der Waals surface area contributed by atoms with Crippen LogP contribution in [0, 0.1) is 0 Å². The van der Waals surface area contributed by atoms with Gasteiger partial charge in [0.05, 0.1) is 13.2 Å². The molecule has 2 aliphatic rings. The Morgan fingerprint density at radius 3 is 2.88 bits per heavy atom. The predicted molar refractivity (Wildman–Crippen MR) is 64.8 cm³/mol. The third kappa shape index (κ3) is 2.06. The number of hydrogen-bond donors (Lipinski definition) is 1. The van der Waals surface area contributed by atoms with Gasteiger partial charge in [-0.05, 0) is 18.1 Å². The lowest BCUT2D eigenvalue weighted by Gasteiger charge is -2.29. The first-order valence-electron chi connectivity index (χ1n) is 6.06. The van der Waals surface area contributed by atoms with Gasteiger partial charge >= 0.3 is 0 Å². The van der Waals surface area contributed by atoms with E-state index in [1.807, 2.05) is 0 Å². The first-order valence-corrected chi connectivity index (χ1v) is 6.06. The van der Waals surface area contributed by atoms with Crippen LogP contribution in [0.2, 0.25) is 0 Å². The Morgan fingerprint density at radius 1 is 1.25 bits per heavy atom. The van der Waals surface area contributed by atoms with Crippen LogP contribution in [0.25, 0.3) is 0 Å². The quantitative estimate of drug-likeness (QED) is 0.811. The molecular weight excluding hydrogens is 200 g/mol. The van der Waals surface area contributed by atoms with Crippen LogP contribution >= 0.6 is 0 Å². The molecule has 2 heterocycles. The molecule has 2 aliphatic heterocycles. The number of ether oxygens (including phenoxy) is 1. The molecular formula is C13H18N2O. The molecule has 1 saturated heterocycles. The van der Waals surface area contributed by atoms with Gasteiger partial charge in [0.15, 0.2) is 0 Å². The molecule has 1 aromatic rings. The molecule has 3 nitrogen and oxygen atoms in total. The lowest BCUT2D eigenvalue weighted by atomic mass is 10.1. The van der Waals surface area contributed by atoms with E-state index in [9.17, 15) is 0 Å². The largest absolute Gasteiger partial charge is 0.380 e. The van der Waals surface area contributed by atoms with Crippen LogP contribution in [-0.2, 0) is 11.2 Å². The minimum Gasteiger partial charge on any atom is -0.380 e. The second-order valence-corrected chi connectivity index (χ2v) is 4.62. The van der Waals surface area contributed by atoms with Crippen LogP contribution in [0.3, 0.4) is 0 Å². The van der Waals surface area contributed by atoms with Crippen molar-refractivity contribution in [3.05, 3.63) is 29.8 Å². The van der Waals surface area contributed by atoms with Crippen molar-refractivity contribution in [2.45, 2.75) is 12.5 Å². The average Bonchev–Trinajstić information content (AvgIpc) is 2.72. The summed E-state index contributed by atoms with van der Waals surface area (Å²) < 4.78 is 5.36. The highest BCUT2D eigenvalue weighted by Gasteiger charge is 2.22. The summed E-state index contributed by atoms with van der Waals surface area (Å²) in [5, 5.41) is 3.60. The second-order valence-electron chi connectivity index (χ2n) is 4.62. The summed E-state index contributed by atoms with van der Waals surface area (Å²) in [5.74, 6) is 0. The number of nitrogens with one attached hydrogen (secondary N) is 1. The fourth-order valence-corrected chi connectivity index (χ4v) is 2.58. The normalized spacial score (nSPS) is 25.1. The lowest BCUT2D eigenvalue weighted by Crippen LogP contribution is -2.42. The highest BCUT2D eigenvalue weighted by molar-refractivity contribution is 5.56. The Labute approximate surface area is 96.4 Å². The molecule has 1 atom stereocenters. The van der Waals surface area contributed by atoms with Crippen molar-refractivity contribution in [2.24, 2.45) is 0 Å². The van der Waals surface area contributed by atoms with E-state index in [-0.39, 0.29) is 0 Å². The predicted octanol–water partition coefficient (Wildman–Crippen LogP) is 1.36. The minimum absolute atomic E-state index is 0.579. The van der Waals surface area contributed by atoms with E-state index >= 15 is 0 Å². The summed E-state index contributed by atoms with van der Waals surface area (Å²) in [6, 6.07) is 9.20. The first-order chi connectivity index (χ1) is 7.92. The maximum Gasteiger partial charge on any atom is 0.0594 e. The van der Waals surface area contributed by atoms with E-state index in [0.717, 1.165) is 39.3 Å². The van der Waals surface area contributed by atoms with Crippen LogP contribution < -0.4 is 5.32 Å². The van der Waals surface area contributed by atoms with Gasteiger partial charge in [0, 0.05) is 31.4 Å². The molecule has 1 fully saturated rings. The third-order valence-electron chi connectivity index (χ3n) is 3.43. The number of fused-ring (bicyclic) bond motifs is 1. The average molecular weight is 218 g/mol. The highest BCUT2D eigenvalue weighted by Crippen LogP contribution is 2.25. The molecule has 0 aliphatic carbocycles. The van der Waals surface area contributed by atoms with Gasteiger partial charge in [-0.25, -0.2) is 0 Å². The molecule has 3 heteroatoms. The molecule has 3 rings (SSSR count). The smallest absolute Gasteiger partial charge is 0.0594 e. The van der Waals surface area contributed by atoms with Crippen molar-refractivity contribution < 1.29 is 4.74 Å². The summed E-state index contributed by atoms with van der Waals surface area (Å²) in [7, 11) is 0. The SMILES string of the molecule is c1ccc2c(c1)C[C@@H](CN1CCOCC1)N2. The molecule has 1 N–H and O–H groups in total. The van der Waals surface area contributed by atoms with Crippen LogP contribution in [0.1, 0.15) is 5.56 Å². The van der Waals surface area contributed by atoms with E-state index in [4.69, 9.17) is 4.74 Å². The summed E-state index contributed by atoms with van der Waals surface area (Å²) in [6.07, 6.45) is 1.16. The Bertz CT molecular complexity index is 336. The second kappa shape index (κ2) is 4.44. The van der Waals surface area contributed by atoms with Crippen molar-refractivity contribution in [1.82, 2.24) is 4.90 Å². The summed E-state index contributed by atoms with van der Waals surface area (Å²) in [5.41, 5.74) is 2.78. The van der Waals surface area contributed by atoms with Gasteiger partial charge in [0.25, 0.3) is 0 Å². The summed E-state index contributed by atoms with van der Waals surface area (Å²) >= 11 is 0. The molecule has 86 valence electrons. The van der Waals surface area contributed by atoms with Gasteiger partial charge in [-0.15, -0.1) is 0 Å². The molecule has 1 aromatic carbocycles. The van der Waals surface area contributed by atoms with E-state index in [1.165, 1.54) is 11.3 Å².